The Bertz CT molecular complexity index is 2170. The molecule has 1 amide bonds. The third-order valence-corrected chi connectivity index (χ3v) is 7.67. The van der Waals surface area contributed by atoms with Gasteiger partial charge in [0.25, 0.3) is 11.6 Å². The van der Waals surface area contributed by atoms with Crippen LogP contribution in [0.2, 0.25) is 0 Å². The molecule has 11 nitrogen and oxygen atoms in total. The highest BCUT2D eigenvalue weighted by Gasteiger charge is 2.37. The topological polar surface area (TPSA) is 193 Å². The number of hydrogen-bond acceptors (Lipinski definition) is 9. The van der Waals surface area contributed by atoms with Crippen molar-refractivity contribution in [1.29, 1.82) is 0 Å². The fourth-order valence-electron chi connectivity index (χ4n) is 5.54. The lowest BCUT2D eigenvalue weighted by Crippen LogP contribution is -2.25. The number of nitro benzene ring substituents is 1. The quantitative estimate of drug-likeness (QED) is 0.136. The third kappa shape index (κ3) is 4.77. The first kappa shape index (κ1) is 29.3. The number of hydrogen-bond donors (Lipinski definition) is 3. The number of carbonyl (C=O) groups excluding carboxylic acids is 5. The zero-order valence-electron chi connectivity index (χ0n) is 23.8. The van der Waals surface area contributed by atoms with Gasteiger partial charge in [0.15, 0.2) is 17.3 Å². The maximum Gasteiger partial charge on any atom is 0.281 e. The molecule has 2 aliphatic rings. The fraction of sp³-hybridized carbons (Fsp3) is 0. The summed E-state index contributed by atoms with van der Waals surface area (Å²) in [6, 6.07) is 26.9. The average Bonchev–Trinajstić information content (AvgIpc) is 3.06. The molecule has 2 aliphatic carbocycles. The van der Waals surface area contributed by atoms with E-state index >= 15 is 0 Å². The first-order chi connectivity index (χ1) is 22.1. The molecule has 0 aliphatic heterocycles. The first-order valence-corrected chi connectivity index (χ1v) is 13.8. The van der Waals surface area contributed by atoms with E-state index in [0.29, 0.717) is 11.3 Å². The van der Waals surface area contributed by atoms with Crippen LogP contribution in [0.3, 0.4) is 0 Å². The second-order valence-electron chi connectivity index (χ2n) is 10.4. The van der Waals surface area contributed by atoms with Gasteiger partial charge in [0, 0.05) is 45.3 Å². The van der Waals surface area contributed by atoms with Gasteiger partial charge in [-0.25, -0.2) is 0 Å². The van der Waals surface area contributed by atoms with Crippen LogP contribution in [0.1, 0.15) is 74.0 Å². The van der Waals surface area contributed by atoms with Crippen LogP contribution in [-0.2, 0) is 0 Å². The Hall–Kier alpha value is -6.75. The second-order valence-corrected chi connectivity index (χ2v) is 10.4. The Morgan fingerprint density at radius 2 is 1.04 bits per heavy atom. The van der Waals surface area contributed by atoms with Gasteiger partial charge < -0.3 is 16.8 Å². The number of ketones is 4. The van der Waals surface area contributed by atoms with Crippen molar-refractivity contribution in [1.82, 2.24) is 0 Å². The van der Waals surface area contributed by atoms with Gasteiger partial charge >= 0.3 is 0 Å². The lowest BCUT2D eigenvalue weighted by atomic mass is 9.82. The van der Waals surface area contributed by atoms with Gasteiger partial charge in [-0.05, 0) is 30.3 Å². The van der Waals surface area contributed by atoms with E-state index in [-0.39, 0.29) is 73.4 Å². The molecule has 0 spiro atoms. The normalized spacial score (nSPS) is 12.5. The lowest BCUT2D eigenvalue weighted by molar-refractivity contribution is -0.385. The van der Waals surface area contributed by atoms with E-state index in [4.69, 9.17) is 11.5 Å². The Morgan fingerprint density at radius 3 is 1.70 bits per heavy atom. The highest BCUT2D eigenvalue weighted by atomic mass is 16.6. The number of benzene rings is 5. The summed E-state index contributed by atoms with van der Waals surface area (Å²) >= 11 is 0. The summed E-state index contributed by atoms with van der Waals surface area (Å²) in [7, 11) is 0. The van der Waals surface area contributed by atoms with Gasteiger partial charge in [0.2, 0.25) is 5.78 Å². The number of nitrogens with zero attached hydrogens (tertiary/aromatic N) is 1. The molecule has 0 radical (unpaired) electrons. The van der Waals surface area contributed by atoms with E-state index in [1.807, 2.05) is 6.07 Å². The molecule has 0 bridgehead atoms. The van der Waals surface area contributed by atoms with E-state index in [1.54, 1.807) is 72.8 Å². The predicted molar refractivity (Wildman–Crippen MR) is 169 cm³/mol. The number of nitro groups is 1. The van der Waals surface area contributed by atoms with Gasteiger partial charge in [-0.3, -0.25) is 34.1 Å². The molecule has 0 unspecified atom stereocenters. The van der Waals surface area contributed by atoms with Crippen molar-refractivity contribution in [3.63, 3.8) is 0 Å². The molecule has 5 aromatic rings. The molecule has 0 aromatic heterocycles. The molecule has 5 N–H and O–H groups in total. The van der Waals surface area contributed by atoms with Gasteiger partial charge in [-0.15, -0.1) is 0 Å². The van der Waals surface area contributed by atoms with Gasteiger partial charge in [-0.2, -0.15) is 0 Å². The number of nitrogens with one attached hydrogen (secondary N) is 1. The Labute approximate surface area is 260 Å². The van der Waals surface area contributed by atoms with Crippen LogP contribution in [0.4, 0.5) is 22.7 Å². The zero-order valence-corrected chi connectivity index (χ0v) is 23.8. The second kappa shape index (κ2) is 11.4. The number of anilines is 3. The van der Waals surface area contributed by atoms with Crippen LogP contribution >= 0.6 is 0 Å². The fourth-order valence-corrected chi connectivity index (χ4v) is 5.54. The Morgan fingerprint density at radius 1 is 0.543 bits per heavy atom. The van der Waals surface area contributed by atoms with Crippen LogP contribution in [0, 0.1) is 10.1 Å². The number of fused-ring (bicyclic) bond motifs is 4. The van der Waals surface area contributed by atoms with E-state index in [2.05, 4.69) is 5.32 Å². The lowest BCUT2D eigenvalue weighted by Gasteiger charge is -2.21. The third-order valence-electron chi connectivity index (χ3n) is 7.67. The summed E-state index contributed by atoms with van der Waals surface area (Å²) in [6.07, 6.45) is 0. The minimum absolute atomic E-state index is 0.0680. The molecule has 46 heavy (non-hydrogen) atoms. The highest BCUT2D eigenvalue weighted by molar-refractivity contribution is 6.33. The smallest absolute Gasteiger partial charge is 0.281 e. The minimum atomic E-state index is -0.683. The van der Waals surface area contributed by atoms with E-state index in [0.717, 1.165) is 6.07 Å². The maximum atomic E-state index is 13.0. The summed E-state index contributed by atoms with van der Waals surface area (Å²) in [5.41, 5.74) is 13.3. The number of nitrogen functional groups attached to an aromatic ring is 2. The van der Waals surface area contributed by atoms with Crippen molar-refractivity contribution in [3.8, 4) is 0 Å². The van der Waals surface area contributed by atoms with Crippen molar-refractivity contribution in [2.24, 2.45) is 0 Å². The SMILES string of the molecule is Nc1ccc([N+](=O)[O-])c2c1C(=O)c1ccccc1C2=O.Nc1cccc2c1C(=O)c1cccc(NC(=O)c3ccccc3)c1C2=O. The molecule has 0 fully saturated rings. The van der Waals surface area contributed by atoms with Gasteiger partial charge in [0.1, 0.15) is 5.56 Å². The number of carbonyl (C=O) groups is 5. The summed E-state index contributed by atoms with van der Waals surface area (Å²) in [4.78, 5) is 73.5. The monoisotopic (exact) mass is 610 g/mol. The average molecular weight is 611 g/mol. The number of rotatable bonds is 3. The number of amides is 1. The summed E-state index contributed by atoms with van der Waals surface area (Å²) < 4.78 is 0. The van der Waals surface area contributed by atoms with Crippen LogP contribution in [0.25, 0.3) is 0 Å². The molecule has 0 saturated heterocycles. The zero-order chi connectivity index (χ0) is 32.7. The maximum absolute atomic E-state index is 13.0. The summed E-state index contributed by atoms with van der Waals surface area (Å²) in [5.74, 6) is -2.00. The van der Waals surface area contributed by atoms with Crippen LogP contribution < -0.4 is 16.8 Å². The molecule has 224 valence electrons. The Kier molecular flexibility index (Phi) is 7.26. The van der Waals surface area contributed by atoms with Gasteiger partial charge in [-0.1, -0.05) is 66.7 Å². The van der Waals surface area contributed by atoms with Crippen molar-refractivity contribution >= 4 is 51.8 Å². The summed E-state index contributed by atoms with van der Waals surface area (Å²) in [5, 5.41) is 13.8. The molecule has 0 heterocycles. The van der Waals surface area contributed by atoms with Crippen LogP contribution in [-0.4, -0.2) is 34.0 Å². The van der Waals surface area contributed by atoms with Crippen LogP contribution in [0.15, 0.2) is 103 Å². The first-order valence-electron chi connectivity index (χ1n) is 13.8. The molecule has 0 atom stereocenters. The largest absolute Gasteiger partial charge is 0.398 e. The van der Waals surface area contributed by atoms with E-state index in [9.17, 15) is 34.1 Å². The minimum Gasteiger partial charge on any atom is -0.398 e. The van der Waals surface area contributed by atoms with Crippen molar-refractivity contribution < 1.29 is 28.9 Å². The highest BCUT2D eigenvalue weighted by Crippen LogP contribution is 2.37. The number of nitrogens with two attached hydrogens (primary N) is 2. The molecular formula is C35H22N4O7. The van der Waals surface area contributed by atoms with E-state index < -0.39 is 22.2 Å². The molecule has 0 saturated carbocycles. The van der Waals surface area contributed by atoms with Crippen molar-refractivity contribution in [2.75, 3.05) is 16.8 Å². The Balaban J connectivity index is 0.000000167. The van der Waals surface area contributed by atoms with Crippen molar-refractivity contribution in [2.45, 2.75) is 0 Å². The molecule has 5 aromatic carbocycles. The molecule has 7 rings (SSSR count). The van der Waals surface area contributed by atoms with Crippen molar-refractivity contribution in [3.05, 3.63) is 163 Å². The standard InChI is InChI=1S/C21H14N2O3.C14H8N2O4/c22-15-10-4-8-13-17(15)19(24)14-9-5-11-16(18(14)20(13)25)23-21(26)12-6-2-1-3-7-12;15-9-5-6-10(16(19)20)12-11(9)13(17)7-3-1-2-4-8(7)14(12)18/h1-11H,22H2,(H,23,26);1-6H,15H2. The van der Waals surface area contributed by atoms with Gasteiger partial charge in [0.05, 0.1) is 27.3 Å². The molecule has 11 heteroatoms. The summed E-state index contributed by atoms with van der Waals surface area (Å²) in [6.45, 7) is 0. The molecular weight excluding hydrogens is 588 g/mol. The van der Waals surface area contributed by atoms with E-state index in [1.165, 1.54) is 18.2 Å². The van der Waals surface area contributed by atoms with Crippen LogP contribution in [0.5, 0.6) is 0 Å². The predicted octanol–water partition coefficient (Wildman–Crippen LogP) is 5.25.